The maximum atomic E-state index is 5.01. The summed E-state index contributed by atoms with van der Waals surface area (Å²) >= 11 is 0. The Morgan fingerprint density at radius 1 is 0.467 bits per heavy atom. The normalized spacial score (nSPS) is 12.8. The molecule has 3 heterocycles. The molecule has 3 aromatic heterocycles. The molecular formula is C27H35N3. The average molecular weight is 402 g/mol. The molecule has 3 rings (SSSR count). The Balaban J connectivity index is 2.20. The molecule has 0 aliphatic rings. The van der Waals surface area contributed by atoms with Crippen molar-refractivity contribution in [2.24, 2.45) is 0 Å². The van der Waals surface area contributed by atoms with Crippen molar-refractivity contribution in [1.82, 2.24) is 15.0 Å². The number of hydrogen-bond donors (Lipinski definition) is 0. The van der Waals surface area contributed by atoms with Gasteiger partial charge in [0.25, 0.3) is 0 Å². The minimum atomic E-state index is -0.00425. The van der Waals surface area contributed by atoms with Crippen LogP contribution < -0.4 is 0 Å². The predicted octanol–water partition coefficient (Wildman–Crippen LogP) is 7.10. The largest absolute Gasteiger partial charge is 0.255 e. The zero-order valence-corrected chi connectivity index (χ0v) is 20.0. The Morgan fingerprint density at radius 3 is 1.13 bits per heavy atom. The summed E-state index contributed by atoms with van der Waals surface area (Å²) in [6.45, 7) is 20.0. The molecule has 0 amide bonds. The first kappa shape index (κ1) is 22.1. The topological polar surface area (TPSA) is 38.7 Å². The van der Waals surface area contributed by atoms with E-state index in [-0.39, 0.29) is 16.2 Å². The van der Waals surface area contributed by atoms with Gasteiger partial charge in [0.15, 0.2) is 0 Å². The lowest BCUT2D eigenvalue weighted by Crippen LogP contribution is -2.14. The van der Waals surface area contributed by atoms with E-state index >= 15 is 0 Å². The third-order valence-electron chi connectivity index (χ3n) is 5.47. The summed E-state index contributed by atoms with van der Waals surface area (Å²) in [6, 6.07) is 12.9. The summed E-state index contributed by atoms with van der Waals surface area (Å²) in [5.74, 6) is 0. The van der Waals surface area contributed by atoms with E-state index in [1.807, 2.05) is 12.4 Å². The van der Waals surface area contributed by atoms with Crippen LogP contribution in [0.15, 0.2) is 48.8 Å². The Labute approximate surface area is 182 Å². The predicted molar refractivity (Wildman–Crippen MR) is 127 cm³/mol. The van der Waals surface area contributed by atoms with Crippen molar-refractivity contribution in [2.45, 2.75) is 78.6 Å². The van der Waals surface area contributed by atoms with Gasteiger partial charge in [-0.3, -0.25) is 9.97 Å². The number of aromatic nitrogens is 3. The van der Waals surface area contributed by atoms with E-state index in [0.717, 1.165) is 22.8 Å². The van der Waals surface area contributed by atoms with Crippen molar-refractivity contribution >= 4 is 0 Å². The fourth-order valence-electron chi connectivity index (χ4n) is 3.30. The number of pyridine rings is 3. The van der Waals surface area contributed by atoms with Gasteiger partial charge in [-0.25, -0.2) is 4.98 Å². The van der Waals surface area contributed by atoms with Crippen molar-refractivity contribution in [2.75, 3.05) is 0 Å². The lowest BCUT2D eigenvalue weighted by Gasteiger charge is -2.22. The second-order valence-electron chi connectivity index (χ2n) is 11.2. The molecule has 0 saturated heterocycles. The van der Waals surface area contributed by atoms with Gasteiger partial charge < -0.3 is 0 Å². The van der Waals surface area contributed by atoms with E-state index < -0.39 is 0 Å². The highest BCUT2D eigenvalue weighted by atomic mass is 14.8. The molecule has 0 radical (unpaired) electrons. The summed E-state index contributed by atoms with van der Waals surface area (Å²) in [5, 5.41) is 0. The highest BCUT2D eigenvalue weighted by Gasteiger charge is 2.21. The van der Waals surface area contributed by atoms with Gasteiger partial charge >= 0.3 is 0 Å². The molecule has 3 aromatic rings. The van der Waals surface area contributed by atoms with Crippen molar-refractivity contribution < 1.29 is 0 Å². The van der Waals surface area contributed by atoms with Gasteiger partial charge in [-0.1, -0.05) is 62.3 Å². The van der Waals surface area contributed by atoms with E-state index in [2.05, 4.69) is 109 Å². The number of hydrogen-bond acceptors (Lipinski definition) is 3. The summed E-state index contributed by atoms with van der Waals surface area (Å²) in [6.07, 6.45) is 3.78. The fourth-order valence-corrected chi connectivity index (χ4v) is 3.30. The first-order valence-electron chi connectivity index (χ1n) is 10.7. The molecule has 0 aromatic carbocycles. The molecule has 0 atom stereocenters. The van der Waals surface area contributed by atoms with Crippen LogP contribution in [0.2, 0.25) is 0 Å². The average Bonchev–Trinajstić information content (AvgIpc) is 2.66. The minimum Gasteiger partial charge on any atom is -0.255 e. The van der Waals surface area contributed by atoms with Crippen LogP contribution in [-0.4, -0.2) is 15.0 Å². The SMILES string of the molecule is CC(C)(C)c1ccnc(-c2cc(C(C)(C)C)cc(-c3cc(C(C)(C)C)ccn3)n2)c1. The van der Waals surface area contributed by atoms with Crippen LogP contribution in [0.5, 0.6) is 0 Å². The van der Waals surface area contributed by atoms with Crippen molar-refractivity contribution in [1.29, 1.82) is 0 Å². The molecule has 0 N–H and O–H groups in total. The van der Waals surface area contributed by atoms with Crippen LogP contribution in [0.1, 0.15) is 79.0 Å². The van der Waals surface area contributed by atoms with Gasteiger partial charge in [-0.2, -0.15) is 0 Å². The molecule has 0 fully saturated rings. The molecule has 0 unspecified atom stereocenters. The zero-order chi connectivity index (χ0) is 22.3. The van der Waals surface area contributed by atoms with Crippen LogP contribution in [-0.2, 0) is 16.2 Å². The van der Waals surface area contributed by atoms with Crippen molar-refractivity contribution in [3.05, 3.63) is 65.5 Å². The maximum Gasteiger partial charge on any atom is 0.0897 e. The molecule has 0 aliphatic carbocycles. The van der Waals surface area contributed by atoms with Crippen molar-refractivity contribution in [3.8, 4) is 22.8 Å². The van der Waals surface area contributed by atoms with Gasteiger partial charge in [0, 0.05) is 12.4 Å². The Kier molecular flexibility index (Phi) is 5.62. The highest BCUT2D eigenvalue weighted by Crippen LogP contribution is 2.32. The molecule has 3 heteroatoms. The van der Waals surface area contributed by atoms with E-state index in [4.69, 9.17) is 4.98 Å². The lowest BCUT2D eigenvalue weighted by molar-refractivity contribution is 0.587. The summed E-state index contributed by atoms with van der Waals surface area (Å²) < 4.78 is 0. The second kappa shape index (κ2) is 7.61. The minimum absolute atomic E-state index is 0.00425. The van der Waals surface area contributed by atoms with Crippen LogP contribution in [0, 0.1) is 0 Å². The van der Waals surface area contributed by atoms with Crippen LogP contribution in [0.25, 0.3) is 22.8 Å². The van der Waals surface area contributed by atoms with E-state index in [1.165, 1.54) is 16.7 Å². The van der Waals surface area contributed by atoms with E-state index in [0.29, 0.717) is 0 Å². The smallest absolute Gasteiger partial charge is 0.0897 e. The summed E-state index contributed by atoms with van der Waals surface area (Å²) in [4.78, 5) is 14.3. The maximum absolute atomic E-state index is 5.01. The molecule has 30 heavy (non-hydrogen) atoms. The molecule has 158 valence electrons. The zero-order valence-electron chi connectivity index (χ0n) is 20.0. The number of rotatable bonds is 2. The van der Waals surface area contributed by atoms with Gasteiger partial charge in [0.1, 0.15) is 0 Å². The third kappa shape index (κ3) is 4.95. The van der Waals surface area contributed by atoms with Crippen molar-refractivity contribution in [3.63, 3.8) is 0 Å². The van der Waals surface area contributed by atoms with Crippen LogP contribution in [0.4, 0.5) is 0 Å². The fraction of sp³-hybridized carbons (Fsp3) is 0.444. The van der Waals surface area contributed by atoms with E-state index in [9.17, 15) is 0 Å². The Bertz CT molecular complexity index is 969. The summed E-state index contributed by atoms with van der Waals surface area (Å²) in [5.41, 5.74) is 7.45. The van der Waals surface area contributed by atoms with Gasteiger partial charge in [0.2, 0.25) is 0 Å². The highest BCUT2D eigenvalue weighted by molar-refractivity contribution is 5.65. The molecule has 0 aliphatic heterocycles. The molecule has 0 saturated carbocycles. The summed E-state index contributed by atoms with van der Waals surface area (Å²) in [7, 11) is 0. The Morgan fingerprint density at radius 2 is 0.800 bits per heavy atom. The molecule has 0 spiro atoms. The Hall–Kier alpha value is -2.55. The molecule has 0 bridgehead atoms. The van der Waals surface area contributed by atoms with E-state index in [1.54, 1.807) is 0 Å². The van der Waals surface area contributed by atoms with Gasteiger partial charge in [0.05, 0.1) is 22.8 Å². The quantitative estimate of drug-likeness (QED) is 0.460. The monoisotopic (exact) mass is 401 g/mol. The molecule has 3 nitrogen and oxygen atoms in total. The number of nitrogens with zero attached hydrogens (tertiary/aromatic N) is 3. The molecular weight excluding hydrogens is 366 g/mol. The van der Waals surface area contributed by atoms with Gasteiger partial charge in [-0.05, 0) is 69.3 Å². The van der Waals surface area contributed by atoms with Gasteiger partial charge in [-0.15, -0.1) is 0 Å². The van der Waals surface area contributed by atoms with Crippen LogP contribution in [0.3, 0.4) is 0 Å². The lowest BCUT2D eigenvalue weighted by atomic mass is 9.84. The first-order chi connectivity index (χ1) is 13.7. The second-order valence-corrected chi connectivity index (χ2v) is 11.2. The van der Waals surface area contributed by atoms with Crippen LogP contribution >= 0.6 is 0 Å². The standard InChI is InChI=1S/C27H35N3/c1-25(2,3)18-10-12-28-21(14-18)23-16-20(27(7,8)9)17-24(30-23)22-15-19(11-13-29-22)26(4,5)6/h10-17H,1-9H3. The third-order valence-corrected chi connectivity index (χ3v) is 5.47. The first-order valence-corrected chi connectivity index (χ1v) is 10.7.